The number of nitro groups is 1. The van der Waals surface area contributed by atoms with E-state index in [9.17, 15) is 14.9 Å². The zero-order valence-electron chi connectivity index (χ0n) is 11.7. The van der Waals surface area contributed by atoms with E-state index in [0.717, 1.165) is 32.1 Å². The van der Waals surface area contributed by atoms with Gasteiger partial charge < -0.3 is 10.5 Å². The van der Waals surface area contributed by atoms with Crippen molar-refractivity contribution >= 4 is 17.5 Å². The molecule has 1 aliphatic carbocycles. The van der Waals surface area contributed by atoms with Crippen LogP contribution < -0.4 is 11.1 Å². The van der Waals surface area contributed by atoms with Crippen molar-refractivity contribution in [1.29, 1.82) is 0 Å². The van der Waals surface area contributed by atoms with Gasteiger partial charge in [0.05, 0.1) is 4.92 Å². The molecule has 7 heteroatoms. The molecule has 0 saturated heterocycles. The van der Waals surface area contributed by atoms with Crippen LogP contribution in [0.15, 0.2) is 24.3 Å². The lowest BCUT2D eigenvalue weighted by Gasteiger charge is -2.21. The smallest absolute Gasteiger partial charge is 0.411 e. The second kappa shape index (κ2) is 7.03. The van der Waals surface area contributed by atoms with E-state index in [1.807, 2.05) is 0 Å². The second-order valence-corrected chi connectivity index (χ2v) is 5.17. The minimum atomic E-state index is -0.578. The molecule has 0 aliphatic heterocycles. The summed E-state index contributed by atoms with van der Waals surface area (Å²) < 4.78 is 5.36. The SMILES string of the molecule is NC1CCCCCC1OC(=O)Nc1ccc([N+](=O)[O-])cc1. The fraction of sp³-hybridized carbons (Fsp3) is 0.500. The van der Waals surface area contributed by atoms with E-state index < -0.39 is 11.0 Å². The molecule has 2 atom stereocenters. The lowest BCUT2D eigenvalue weighted by atomic mass is 10.1. The highest BCUT2D eigenvalue weighted by Gasteiger charge is 2.24. The zero-order valence-corrected chi connectivity index (χ0v) is 11.7. The molecule has 0 spiro atoms. The van der Waals surface area contributed by atoms with Gasteiger partial charge in [-0.2, -0.15) is 0 Å². The normalized spacial score (nSPS) is 22.1. The summed E-state index contributed by atoms with van der Waals surface area (Å²) in [5.41, 5.74) is 6.42. The molecule has 0 aromatic heterocycles. The predicted molar refractivity (Wildman–Crippen MR) is 78.0 cm³/mol. The average Bonchev–Trinajstić information content (AvgIpc) is 2.65. The van der Waals surface area contributed by atoms with Gasteiger partial charge in [0.25, 0.3) is 5.69 Å². The standard InChI is InChI=1S/C14H19N3O4/c15-12-4-2-1-3-5-13(12)21-14(18)16-10-6-8-11(9-7-10)17(19)20/h6-9,12-13H,1-5,15H2,(H,16,18). The molecule has 0 heterocycles. The van der Waals surface area contributed by atoms with Crippen molar-refractivity contribution in [1.82, 2.24) is 0 Å². The maximum Gasteiger partial charge on any atom is 0.411 e. The van der Waals surface area contributed by atoms with Crippen LogP contribution in [0.1, 0.15) is 32.1 Å². The summed E-state index contributed by atoms with van der Waals surface area (Å²) in [7, 11) is 0. The number of carbonyl (C=O) groups excluding carboxylic acids is 1. The number of ether oxygens (including phenoxy) is 1. The van der Waals surface area contributed by atoms with Gasteiger partial charge in [-0.3, -0.25) is 15.4 Å². The predicted octanol–water partition coefficient (Wildman–Crippen LogP) is 2.80. The fourth-order valence-corrected chi connectivity index (χ4v) is 2.40. The highest BCUT2D eigenvalue weighted by Crippen LogP contribution is 2.20. The van der Waals surface area contributed by atoms with Gasteiger partial charge in [-0.15, -0.1) is 0 Å². The van der Waals surface area contributed by atoms with Gasteiger partial charge in [0.1, 0.15) is 6.10 Å². The first-order valence-corrected chi connectivity index (χ1v) is 7.04. The van der Waals surface area contributed by atoms with Crippen LogP contribution in [0.4, 0.5) is 16.2 Å². The molecule has 1 amide bonds. The molecule has 2 rings (SSSR count). The summed E-state index contributed by atoms with van der Waals surface area (Å²) in [5.74, 6) is 0. The second-order valence-electron chi connectivity index (χ2n) is 5.17. The lowest BCUT2D eigenvalue weighted by molar-refractivity contribution is -0.384. The number of nitrogens with two attached hydrogens (primary N) is 1. The molecule has 1 aromatic rings. The van der Waals surface area contributed by atoms with Crippen molar-refractivity contribution in [2.24, 2.45) is 5.73 Å². The molecule has 21 heavy (non-hydrogen) atoms. The Labute approximate surface area is 122 Å². The number of non-ortho nitro benzene ring substituents is 1. The largest absolute Gasteiger partial charge is 0.444 e. The number of hydrogen-bond acceptors (Lipinski definition) is 5. The summed E-state index contributed by atoms with van der Waals surface area (Å²) in [6.07, 6.45) is 3.95. The molecule has 114 valence electrons. The molecule has 2 unspecified atom stereocenters. The molecule has 0 radical (unpaired) electrons. The van der Waals surface area contributed by atoms with Crippen LogP contribution in [0, 0.1) is 10.1 Å². The fourth-order valence-electron chi connectivity index (χ4n) is 2.40. The molecular formula is C14H19N3O4. The number of carbonyl (C=O) groups is 1. The van der Waals surface area contributed by atoms with E-state index in [1.165, 1.54) is 24.3 Å². The van der Waals surface area contributed by atoms with Crippen molar-refractivity contribution in [3.63, 3.8) is 0 Å². The summed E-state index contributed by atoms with van der Waals surface area (Å²) in [4.78, 5) is 21.9. The van der Waals surface area contributed by atoms with E-state index in [0.29, 0.717) is 5.69 Å². The average molecular weight is 293 g/mol. The van der Waals surface area contributed by atoms with Gasteiger partial charge in [0.15, 0.2) is 0 Å². The molecule has 7 nitrogen and oxygen atoms in total. The number of anilines is 1. The third-order valence-corrected chi connectivity index (χ3v) is 3.59. The van der Waals surface area contributed by atoms with Crippen molar-refractivity contribution < 1.29 is 14.5 Å². The van der Waals surface area contributed by atoms with Crippen LogP contribution in [0.25, 0.3) is 0 Å². The molecular weight excluding hydrogens is 274 g/mol. The van der Waals surface area contributed by atoms with E-state index in [1.54, 1.807) is 0 Å². The number of amides is 1. The van der Waals surface area contributed by atoms with Gasteiger partial charge >= 0.3 is 6.09 Å². The minimum absolute atomic E-state index is 0.0280. The van der Waals surface area contributed by atoms with Crippen molar-refractivity contribution in [3.8, 4) is 0 Å². The Kier molecular flexibility index (Phi) is 5.10. The number of hydrogen-bond donors (Lipinski definition) is 2. The number of rotatable bonds is 3. The molecule has 1 aromatic carbocycles. The van der Waals surface area contributed by atoms with Gasteiger partial charge in [0, 0.05) is 23.9 Å². The number of benzene rings is 1. The van der Waals surface area contributed by atoms with Gasteiger partial charge in [-0.05, 0) is 31.4 Å². The Morgan fingerprint density at radius 2 is 1.90 bits per heavy atom. The highest BCUT2D eigenvalue weighted by atomic mass is 16.6. The van der Waals surface area contributed by atoms with E-state index >= 15 is 0 Å². The van der Waals surface area contributed by atoms with Gasteiger partial charge in [-0.25, -0.2) is 4.79 Å². The van der Waals surface area contributed by atoms with E-state index in [-0.39, 0.29) is 17.8 Å². The quantitative estimate of drug-likeness (QED) is 0.506. The maximum atomic E-state index is 11.8. The maximum absolute atomic E-state index is 11.8. The Balaban J connectivity index is 1.90. The van der Waals surface area contributed by atoms with Crippen LogP contribution in [0.2, 0.25) is 0 Å². The molecule has 0 bridgehead atoms. The Bertz CT molecular complexity index is 503. The van der Waals surface area contributed by atoms with Crippen LogP contribution >= 0.6 is 0 Å². The van der Waals surface area contributed by atoms with Gasteiger partial charge in [-0.1, -0.05) is 12.8 Å². The zero-order chi connectivity index (χ0) is 15.2. The summed E-state index contributed by atoms with van der Waals surface area (Å²) in [5, 5.41) is 13.1. The Morgan fingerprint density at radius 1 is 1.24 bits per heavy atom. The summed E-state index contributed by atoms with van der Waals surface area (Å²) in [6, 6.07) is 5.45. The summed E-state index contributed by atoms with van der Waals surface area (Å²) >= 11 is 0. The minimum Gasteiger partial charge on any atom is -0.444 e. The first-order chi connectivity index (χ1) is 10.1. The number of nitro benzene ring substituents is 1. The van der Waals surface area contributed by atoms with Crippen molar-refractivity contribution in [2.45, 2.75) is 44.2 Å². The van der Waals surface area contributed by atoms with Crippen molar-refractivity contribution in [3.05, 3.63) is 34.4 Å². The van der Waals surface area contributed by atoms with Crippen LogP contribution in [-0.2, 0) is 4.74 Å². The molecule has 1 fully saturated rings. The van der Waals surface area contributed by atoms with Crippen LogP contribution in [0.5, 0.6) is 0 Å². The first kappa shape index (κ1) is 15.2. The monoisotopic (exact) mass is 293 g/mol. The first-order valence-electron chi connectivity index (χ1n) is 7.04. The summed E-state index contributed by atoms with van der Waals surface area (Å²) in [6.45, 7) is 0. The molecule has 1 saturated carbocycles. The highest BCUT2D eigenvalue weighted by molar-refractivity contribution is 5.84. The Morgan fingerprint density at radius 3 is 2.57 bits per heavy atom. The lowest BCUT2D eigenvalue weighted by Crippen LogP contribution is -2.38. The van der Waals surface area contributed by atoms with Crippen LogP contribution in [-0.4, -0.2) is 23.2 Å². The number of nitrogens with zero attached hydrogens (tertiary/aromatic N) is 1. The van der Waals surface area contributed by atoms with E-state index in [2.05, 4.69) is 5.32 Å². The third-order valence-electron chi connectivity index (χ3n) is 3.59. The van der Waals surface area contributed by atoms with Gasteiger partial charge in [0.2, 0.25) is 0 Å². The van der Waals surface area contributed by atoms with Crippen molar-refractivity contribution in [2.75, 3.05) is 5.32 Å². The topological polar surface area (TPSA) is 107 Å². The van der Waals surface area contributed by atoms with E-state index in [4.69, 9.17) is 10.5 Å². The number of nitrogens with one attached hydrogen (secondary N) is 1. The molecule has 1 aliphatic rings. The third kappa shape index (κ3) is 4.42. The molecule has 3 N–H and O–H groups in total. The Hall–Kier alpha value is -2.15. The van der Waals surface area contributed by atoms with Crippen LogP contribution in [0.3, 0.4) is 0 Å².